The van der Waals surface area contributed by atoms with E-state index in [1.807, 2.05) is 19.1 Å². The Balaban J connectivity index is 1.41. The molecule has 1 aromatic heterocycles. The average Bonchev–Trinajstić information content (AvgIpc) is 3.60. The largest absolute Gasteiger partial charge is 0.392 e. The van der Waals surface area contributed by atoms with Crippen molar-refractivity contribution in [1.29, 1.82) is 0 Å². The molecule has 0 saturated heterocycles. The molecule has 1 heterocycles. The fourth-order valence-electron chi connectivity index (χ4n) is 6.19. The number of nitrogens with zero attached hydrogens (tertiary/aromatic N) is 1. The lowest BCUT2D eigenvalue weighted by atomic mass is 9.51. The van der Waals surface area contributed by atoms with Crippen LogP contribution in [-0.4, -0.2) is 34.1 Å². The van der Waals surface area contributed by atoms with Gasteiger partial charge in [-0.05, 0) is 73.3 Å². The van der Waals surface area contributed by atoms with Gasteiger partial charge in [-0.1, -0.05) is 26.8 Å². The first-order chi connectivity index (χ1) is 14.8. The van der Waals surface area contributed by atoms with Crippen molar-refractivity contribution in [2.45, 2.75) is 78.0 Å². The fraction of sp³-hybridized carbons (Fsp3) is 0.720. The third-order valence-corrected chi connectivity index (χ3v) is 8.41. The first-order valence-corrected chi connectivity index (χ1v) is 12.0. The van der Waals surface area contributed by atoms with Crippen molar-refractivity contribution in [3.63, 3.8) is 0 Å². The lowest BCUT2D eigenvalue weighted by molar-refractivity contribution is -0.144. The minimum Gasteiger partial charge on any atom is -0.392 e. The highest BCUT2D eigenvalue weighted by atomic mass is 16.3. The maximum atomic E-state index is 12.9. The van der Waals surface area contributed by atoms with Crippen molar-refractivity contribution in [2.24, 2.45) is 35.0 Å². The minimum atomic E-state index is -0.534. The summed E-state index contributed by atoms with van der Waals surface area (Å²) >= 11 is 0. The molecule has 6 heteroatoms. The molecule has 3 N–H and O–H groups in total. The molecule has 170 valence electrons. The van der Waals surface area contributed by atoms with E-state index in [0.717, 1.165) is 44.1 Å². The van der Waals surface area contributed by atoms with Crippen LogP contribution in [0.1, 0.15) is 64.9 Å². The molecule has 3 aliphatic carbocycles. The van der Waals surface area contributed by atoms with Crippen LogP contribution < -0.4 is 10.6 Å². The summed E-state index contributed by atoms with van der Waals surface area (Å²) in [5.74, 6) is 0.345. The van der Waals surface area contributed by atoms with E-state index in [-0.39, 0.29) is 52.9 Å². The molecule has 0 aliphatic heterocycles. The van der Waals surface area contributed by atoms with Crippen molar-refractivity contribution in [1.82, 2.24) is 15.6 Å². The quantitative estimate of drug-likeness (QED) is 0.651. The van der Waals surface area contributed by atoms with Gasteiger partial charge in [0.2, 0.25) is 11.8 Å². The second kappa shape index (κ2) is 8.89. The topological polar surface area (TPSA) is 91.3 Å². The molecule has 3 fully saturated rings. The van der Waals surface area contributed by atoms with Gasteiger partial charge in [-0.25, -0.2) is 0 Å². The summed E-state index contributed by atoms with van der Waals surface area (Å²) in [7, 11) is 0. The molecular weight excluding hydrogens is 390 g/mol. The molecule has 0 radical (unpaired) electrons. The van der Waals surface area contributed by atoms with Crippen LogP contribution in [0.15, 0.2) is 24.5 Å². The molecule has 6 nitrogen and oxygen atoms in total. The standard InChI is InChI=1S/C25H37N3O3/c1-15(23(30)27-14-17-5-4-12-26-13-17)19-8-10-25(3)11-9-20(16(2)21(25)22(19)29)28-24(31)18-6-7-18/h4-5,12-13,15-16,18-22,29H,6-11,14H2,1-3H3,(H,27,30)(H,28,31)/t15-,16-,19+,20-,21+,22-,25+/m0/s1. The van der Waals surface area contributed by atoms with Crippen LogP contribution in [0.4, 0.5) is 0 Å². The van der Waals surface area contributed by atoms with Crippen LogP contribution in [0.5, 0.6) is 0 Å². The maximum absolute atomic E-state index is 12.9. The van der Waals surface area contributed by atoms with E-state index in [1.54, 1.807) is 12.4 Å². The SMILES string of the molecule is C[C@@H]1[C@@H]2[C@@H](O)[C@@H]([C@H](C)C(=O)NCc3cccnc3)CC[C@]2(C)CC[C@@H]1NC(=O)C1CC1. The van der Waals surface area contributed by atoms with Crippen molar-refractivity contribution >= 4 is 11.8 Å². The summed E-state index contributed by atoms with van der Waals surface area (Å²) < 4.78 is 0. The van der Waals surface area contributed by atoms with E-state index >= 15 is 0 Å². The highest BCUT2D eigenvalue weighted by Gasteiger charge is 2.54. The monoisotopic (exact) mass is 427 g/mol. The summed E-state index contributed by atoms with van der Waals surface area (Å²) in [6, 6.07) is 3.92. The van der Waals surface area contributed by atoms with Crippen LogP contribution in [0.2, 0.25) is 0 Å². The van der Waals surface area contributed by atoms with Crippen LogP contribution in [0, 0.1) is 35.0 Å². The lowest BCUT2D eigenvalue weighted by Gasteiger charge is -2.56. The molecular formula is C25H37N3O3. The Bertz CT molecular complexity index is 796. The van der Waals surface area contributed by atoms with Crippen molar-refractivity contribution in [3.8, 4) is 0 Å². The smallest absolute Gasteiger partial charge is 0.223 e. The van der Waals surface area contributed by atoms with Gasteiger partial charge in [-0.2, -0.15) is 0 Å². The number of aliphatic hydroxyl groups is 1. The van der Waals surface area contributed by atoms with Crippen LogP contribution in [0.3, 0.4) is 0 Å². The van der Waals surface area contributed by atoms with Gasteiger partial charge < -0.3 is 15.7 Å². The molecule has 0 aromatic carbocycles. The van der Waals surface area contributed by atoms with Gasteiger partial charge in [0.25, 0.3) is 0 Å². The van der Waals surface area contributed by atoms with Crippen LogP contribution in [0.25, 0.3) is 0 Å². The second-order valence-electron chi connectivity index (χ2n) is 10.5. The number of fused-ring (bicyclic) bond motifs is 1. The molecule has 31 heavy (non-hydrogen) atoms. The number of carbonyl (C=O) groups is 2. The number of nitrogens with one attached hydrogen (secondary N) is 2. The van der Waals surface area contributed by atoms with Gasteiger partial charge in [0.05, 0.1) is 6.10 Å². The normalized spacial score (nSPS) is 36.2. The van der Waals surface area contributed by atoms with E-state index in [4.69, 9.17) is 0 Å². The molecule has 1 aromatic rings. The highest BCUT2D eigenvalue weighted by Crippen LogP contribution is 2.55. The summed E-state index contributed by atoms with van der Waals surface area (Å²) in [6.07, 6.45) is 8.83. The zero-order valence-electron chi connectivity index (χ0n) is 19.0. The lowest BCUT2D eigenvalue weighted by Crippen LogP contribution is -2.58. The summed E-state index contributed by atoms with van der Waals surface area (Å²) in [5.41, 5.74) is 1.04. The van der Waals surface area contributed by atoms with Crippen LogP contribution in [-0.2, 0) is 16.1 Å². The Hall–Kier alpha value is -1.95. The van der Waals surface area contributed by atoms with Gasteiger partial charge in [-0.3, -0.25) is 14.6 Å². The number of carbonyl (C=O) groups excluding carboxylic acids is 2. The van der Waals surface area contributed by atoms with Gasteiger partial charge in [0, 0.05) is 36.8 Å². The molecule has 7 atom stereocenters. The van der Waals surface area contributed by atoms with Crippen molar-refractivity contribution in [3.05, 3.63) is 30.1 Å². The van der Waals surface area contributed by atoms with E-state index in [2.05, 4.69) is 29.5 Å². The predicted octanol–water partition coefficient (Wildman–Crippen LogP) is 3.05. The van der Waals surface area contributed by atoms with Gasteiger partial charge >= 0.3 is 0 Å². The zero-order valence-corrected chi connectivity index (χ0v) is 19.0. The Kier molecular flexibility index (Phi) is 6.38. The predicted molar refractivity (Wildman–Crippen MR) is 119 cm³/mol. The van der Waals surface area contributed by atoms with Crippen molar-refractivity contribution in [2.75, 3.05) is 0 Å². The Morgan fingerprint density at radius 1 is 1.26 bits per heavy atom. The zero-order chi connectivity index (χ0) is 22.2. The van der Waals surface area contributed by atoms with Crippen LogP contribution >= 0.6 is 0 Å². The molecule has 0 spiro atoms. The number of aliphatic hydroxyl groups excluding tert-OH is 1. The van der Waals surface area contributed by atoms with E-state index < -0.39 is 6.10 Å². The summed E-state index contributed by atoms with van der Waals surface area (Å²) in [4.78, 5) is 29.3. The number of aromatic nitrogens is 1. The molecule has 3 aliphatic rings. The number of pyridine rings is 1. The Morgan fingerprint density at radius 2 is 2.00 bits per heavy atom. The first-order valence-electron chi connectivity index (χ1n) is 12.0. The Labute approximate surface area is 185 Å². The molecule has 2 amide bonds. The number of rotatable bonds is 6. The second-order valence-corrected chi connectivity index (χ2v) is 10.5. The van der Waals surface area contributed by atoms with Gasteiger partial charge in [0.15, 0.2) is 0 Å². The minimum absolute atomic E-state index is 0.0152. The first kappa shape index (κ1) is 22.3. The number of hydrogen-bond donors (Lipinski definition) is 3. The van der Waals surface area contributed by atoms with Crippen molar-refractivity contribution < 1.29 is 14.7 Å². The maximum Gasteiger partial charge on any atom is 0.223 e. The average molecular weight is 428 g/mol. The van der Waals surface area contributed by atoms with E-state index in [1.165, 1.54) is 0 Å². The fourth-order valence-corrected chi connectivity index (χ4v) is 6.19. The third kappa shape index (κ3) is 4.64. The molecule has 0 bridgehead atoms. The third-order valence-electron chi connectivity index (χ3n) is 8.41. The number of amides is 2. The van der Waals surface area contributed by atoms with E-state index in [0.29, 0.717) is 6.54 Å². The molecule has 4 rings (SSSR count). The Morgan fingerprint density at radius 3 is 2.68 bits per heavy atom. The number of hydrogen-bond acceptors (Lipinski definition) is 4. The van der Waals surface area contributed by atoms with E-state index in [9.17, 15) is 14.7 Å². The highest BCUT2D eigenvalue weighted by molar-refractivity contribution is 5.81. The molecule has 0 unspecified atom stereocenters. The molecule has 3 saturated carbocycles. The van der Waals surface area contributed by atoms with Gasteiger partial charge in [0.1, 0.15) is 0 Å². The summed E-state index contributed by atoms with van der Waals surface area (Å²) in [6.45, 7) is 6.86. The van der Waals surface area contributed by atoms with Gasteiger partial charge in [-0.15, -0.1) is 0 Å². The summed E-state index contributed by atoms with van der Waals surface area (Å²) in [5, 5.41) is 17.8.